The van der Waals surface area contributed by atoms with Gasteiger partial charge in [-0.05, 0) is 90.1 Å². The summed E-state index contributed by atoms with van der Waals surface area (Å²) >= 11 is 6.16. The molecule has 2 N–H and O–H groups in total. The Bertz CT molecular complexity index is 2570. The highest BCUT2D eigenvalue weighted by molar-refractivity contribution is 7.23. The van der Waals surface area contributed by atoms with Crippen molar-refractivity contribution >= 4 is 99.8 Å². The number of thiophene rings is 2. The van der Waals surface area contributed by atoms with Crippen LogP contribution >= 0.6 is 45.3 Å². The van der Waals surface area contributed by atoms with Gasteiger partial charge in [0, 0.05) is 52.8 Å². The summed E-state index contributed by atoms with van der Waals surface area (Å²) in [6.45, 7) is 18.7. The highest BCUT2D eigenvalue weighted by atomic mass is 32.1. The van der Waals surface area contributed by atoms with Gasteiger partial charge in [0.1, 0.15) is 42.3 Å². The second kappa shape index (κ2) is 18.0. The van der Waals surface area contributed by atoms with Crippen LogP contribution in [0.2, 0.25) is 0 Å². The summed E-state index contributed by atoms with van der Waals surface area (Å²) in [7, 11) is 0. The van der Waals surface area contributed by atoms with Crippen molar-refractivity contribution in [2.24, 2.45) is 0 Å². The van der Waals surface area contributed by atoms with Crippen LogP contribution in [0.3, 0.4) is 0 Å². The van der Waals surface area contributed by atoms with Crippen LogP contribution in [0.15, 0.2) is 49.6 Å². The lowest BCUT2D eigenvalue weighted by Crippen LogP contribution is -2.39. The van der Waals surface area contributed by atoms with Crippen molar-refractivity contribution in [3.63, 3.8) is 0 Å². The molecular weight excluding hydrogens is 853 g/mol. The molecule has 8 rings (SSSR count). The van der Waals surface area contributed by atoms with Gasteiger partial charge in [0.05, 0.1) is 34.9 Å². The summed E-state index contributed by atoms with van der Waals surface area (Å²) < 4.78 is 13.2. The molecule has 6 aromatic heterocycles. The monoisotopic (exact) mass is 900 g/mol. The van der Waals surface area contributed by atoms with Crippen LogP contribution in [0, 0.1) is 0 Å². The third kappa shape index (κ3) is 10.3. The molecule has 8 heterocycles. The largest absolute Gasteiger partial charge is 0.444 e. The predicted molar refractivity (Wildman–Crippen MR) is 245 cm³/mol. The summed E-state index contributed by atoms with van der Waals surface area (Å²) in [5.41, 5.74) is 4.77. The van der Waals surface area contributed by atoms with Crippen LogP contribution in [-0.4, -0.2) is 78.0 Å². The highest BCUT2D eigenvalue weighted by Crippen LogP contribution is 2.47. The number of amides is 4. The van der Waals surface area contributed by atoms with Gasteiger partial charge in [0.25, 0.3) is 0 Å². The number of carbonyl (C=O) groups is 4. The zero-order chi connectivity index (χ0) is 43.6. The number of carbonyl (C=O) groups excluding carboxylic acids is 4. The second-order valence-corrected chi connectivity index (χ2v) is 20.7. The molecule has 61 heavy (non-hydrogen) atoms. The fourth-order valence-electron chi connectivity index (χ4n) is 6.75. The molecule has 4 amide bonds. The lowest BCUT2D eigenvalue weighted by atomic mass is 10.0. The van der Waals surface area contributed by atoms with Crippen LogP contribution in [-0.2, 0) is 45.0 Å². The molecular formula is C43H48N8O6S4. The minimum atomic E-state index is -0.546. The Morgan fingerprint density at radius 2 is 1.20 bits per heavy atom. The van der Waals surface area contributed by atoms with E-state index in [9.17, 15) is 19.2 Å². The molecule has 0 spiro atoms. The maximum atomic E-state index is 12.6. The molecule has 320 valence electrons. The molecule has 2 aliphatic heterocycles. The van der Waals surface area contributed by atoms with Crippen LogP contribution < -0.4 is 10.6 Å². The molecule has 0 bridgehead atoms. The van der Waals surface area contributed by atoms with E-state index in [2.05, 4.69) is 27.2 Å². The Kier molecular flexibility index (Phi) is 12.9. The first-order valence-corrected chi connectivity index (χ1v) is 23.2. The smallest absolute Gasteiger partial charge is 0.410 e. The third-order valence-corrected chi connectivity index (χ3v) is 13.7. The van der Waals surface area contributed by atoms with E-state index in [0.717, 1.165) is 78.9 Å². The summed E-state index contributed by atoms with van der Waals surface area (Å²) in [6.07, 6.45) is 10.2. The van der Waals surface area contributed by atoms with Gasteiger partial charge in [-0.15, -0.1) is 45.3 Å². The molecule has 2 aliphatic rings. The number of aromatic nitrogens is 4. The second-order valence-electron chi connectivity index (χ2n) is 16.4. The summed E-state index contributed by atoms with van der Waals surface area (Å²) in [5, 5.41) is 9.25. The van der Waals surface area contributed by atoms with Crippen molar-refractivity contribution in [2.75, 3.05) is 23.7 Å². The maximum absolute atomic E-state index is 12.6. The summed E-state index contributed by atoms with van der Waals surface area (Å²) in [6, 6.07) is 3.89. The zero-order valence-electron chi connectivity index (χ0n) is 35.2. The first kappa shape index (κ1) is 43.8. The van der Waals surface area contributed by atoms with E-state index in [4.69, 9.17) is 19.4 Å². The van der Waals surface area contributed by atoms with E-state index in [1.54, 1.807) is 57.3 Å². The molecule has 0 saturated carbocycles. The number of fused-ring (bicyclic) bond motifs is 4. The first-order chi connectivity index (χ1) is 29.0. The van der Waals surface area contributed by atoms with Gasteiger partial charge >= 0.3 is 12.2 Å². The Morgan fingerprint density at radius 1 is 0.738 bits per heavy atom. The maximum Gasteiger partial charge on any atom is 0.410 e. The Balaban J connectivity index is 0.000000184. The molecule has 6 aromatic rings. The molecule has 18 heteroatoms. The van der Waals surface area contributed by atoms with Gasteiger partial charge in [0.15, 0.2) is 0 Å². The van der Waals surface area contributed by atoms with Crippen LogP contribution in [0.5, 0.6) is 0 Å². The van der Waals surface area contributed by atoms with E-state index in [0.29, 0.717) is 45.4 Å². The minimum Gasteiger partial charge on any atom is -0.444 e. The van der Waals surface area contributed by atoms with Crippen molar-refractivity contribution < 1.29 is 28.7 Å². The molecule has 0 aromatic carbocycles. The normalized spacial score (nSPS) is 13.8. The lowest BCUT2D eigenvalue weighted by molar-refractivity contribution is -0.116. The van der Waals surface area contributed by atoms with Gasteiger partial charge in [-0.25, -0.2) is 19.6 Å². The van der Waals surface area contributed by atoms with Gasteiger partial charge < -0.3 is 29.9 Å². The topological polar surface area (TPSA) is 169 Å². The number of nitrogens with one attached hydrogen (secondary N) is 2. The number of rotatable bonds is 7. The van der Waals surface area contributed by atoms with Crippen molar-refractivity contribution in [2.45, 2.75) is 98.4 Å². The molecule has 0 saturated heterocycles. The van der Waals surface area contributed by atoms with Crippen LogP contribution in [0.1, 0.15) is 82.2 Å². The summed E-state index contributed by atoms with van der Waals surface area (Å²) in [4.78, 5) is 72.9. The van der Waals surface area contributed by atoms with Gasteiger partial charge in [-0.2, -0.15) is 0 Å². The number of nitrogens with zero attached hydrogens (tertiary/aromatic N) is 6. The molecule has 0 radical (unpaired) electrons. The minimum absolute atomic E-state index is 0.00544. The number of hydrogen-bond acceptors (Lipinski definition) is 14. The molecule has 0 unspecified atom stereocenters. The van der Waals surface area contributed by atoms with Gasteiger partial charge in [0.2, 0.25) is 11.8 Å². The van der Waals surface area contributed by atoms with Crippen molar-refractivity contribution in [3.8, 4) is 21.1 Å². The predicted octanol–water partition coefficient (Wildman–Crippen LogP) is 10.3. The van der Waals surface area contributed by atoms with Crippen LogP contribution in [0.25, 0.3) is 41.6 Å². The number of hydrogen-bond donors (Lipinski definition) is 2. The lowest BCUT2D eigenvalue weighted by Gasteiger charge is -2.30. The average Bonchev–Trinajstić information content (AvgIpc) is 3.98. The SMILES string of the molecule is C=CC(=O)Nc1sc2c(c1-c1nc3cnccc3s1)CCN(C(=O)OC(C)(C)C)C2.CCCC(=O)Nc1sc2c(c1-c1nc3cnccc3s1)CCN(C(=O)OC(C)(C)C)C2. The standard InChI is InChI=1S/C22H26N4O3S2.C21H22N4O3S2/c1-5-6-17(27)25-20-18(19-24-14-11-23-9-7-15(14)30-19)13-8-10-26(12-16(13)31-20)21(28)29-22(2,3)4;1-5-16(26)24-19-17(18-23-13-10-22-8-6-14(13)29-18)12-7-9-25(11-15(12)30-19)20(27)28-21(2,3)4/h7,9,11H,5-6,8,10,12H2,1-4H3,(H,25,27);5-6,8,10H,1,7,9,11H2,2-4H3,(H,24,26). The van der Waals surface area contributed by atoms with Crippen molar-refractivity contribution in [1.29, 1.82) is 0 Å². The molecule has 14 nitrogen and oxygen atoms in total. The Morgan fingerprint density at radius 3 is 1.61 bits per heavy atom. The number of anilines is 2. The summed E-state index contributed by atoms with van der Waals surface area (Å²) in [5.74, 6) is -0.282. The first-order valence-electron chi connectivity index (χ1n) is 19.9. The number of thiazole rings is 2. The molecule has 0 aliphatic carbocycles. The van der Waals surface area contributed by atoms with E-state index in [-0.39, 0.29) is 24.0 Å². The van der Waals surface area contributed by atoms with Crippen molar-refractivity contribution in [1.82, 2.24) is 29.7 Å². The van der Waals surface area contributed by atoms with E-state index < -0.39 is 11.2 Å². The zero-order valence-corrected chi connectivity index (χ0v) is 38.4. The molecule has 0 atom stereocenters. The van der Waals surface area contributed by atoms with Crippen LogP contribution in [0.4, 0.5) is 19.6 Å². The average molecular weight is 901 g/mol. The van der Waals surface area contributed by atoms with Gasteiger partial charge in [-0.3, -0.25) is 19.6 Å². The number of pyridine rings is 2. The quantitative estimate of drug-likeness (QED) is 0.147. The van der Waals surface area contributed by atoms with E-state index in [1.165, 1.54) is 28.7 Å². The van der Waals surface area contributed by atoms with E-state index >= 15 is 0 Å². The van der Waals surface area contributed by atoms with Gasteiger partial charge in [-0.1, -0.05) is 13.5 Å². The highest BCUT2D eigenvalue weighted by Gasteiger charge is 2.33. The Hall–Kier alpha value is -5.30. The fraction of sp³-hybridized carbons (Fsp3) is 0.395. The fourth-order valence-corrected chi connectivity index (χ4v) is 11.5. The third-order valence-electron chi connectivity index (χ3n) is 9.38. The van der Waals surface area contributed by atoms with Crippen molar-refractivity contribution in [3.05, 3.63) is 70.5 Å². The van der Waals surface area contributed by atoms with E-state index in [1.807, 2.05) is 60.6 Å². The Labute approximate surface area is 370 Å². The molecule has 0 fully saturated rings. The number of ether oxygens (including phenoxy) is 2.